The molecule has 0 aliphatic rings. The molecule has 1 rings (SSSR count). The van der Waals surface area contributed by atoms with Crippen LogP contribution in [-0.2, 0) is 9.53 Å². The molecule has 0 bridgehead atoms. The second-order valence-electron chi connectivity index (χ2n) is 3.54. The van der Waals surface area contributed by atoms with Gasteiger partial charge < -0.3 is 15.2 Å². The SMILES string of the molecule is CCOC(=O)CC(N)c1cc(F)cc(OC)c1. The van der Waals surface area contributed by atoms with E-state index in [4.69, 9.17) is 15.2 Å². The summed E-state index contributed by atoms with van der Waals surface area (Å²) in [6.07, 6.45) is 0.0143. The van der Waals surface area contributed by atoms with Crippen molar-refractivity contribution in [2.75, 3.05) is 13.7 Å². The van der Waals surface area contributed by atoms with Gasteiger partial charge in [-0.15, -0.1) is 0 Å². The molecule has 0 saturated heterocycles. The molecule has 1 unspecified atom stereocenters. The van der Waals surface area contributed by atoms with Gasteiger partial charge in [0.2, 0.25) is 0 Å². The van der Waals surface area contributed by atoms with Crippen LogP contribution in [0.25, 0.3) is 0 Å². The number of nitrogens with two attached hydrogens (primary N) is 1. The molecule has 2 N–H and O–H groups in total. The Bertz CT molecular complexity index is 395. The number of halogens is 1. The first-order chi connectivity index (χ1) is 8.06. The van der Waals surface area contributed by atoms with E-state index in [2.05, 4.69) is 0 Å². The van der Waals surface area contributed by atoms with E-state index >= 15 is 0 Å². The molecular formula is C12H16FNO3. The lowest BCUT2D eigenvalue weighted by molar-refractivity contribution is -0.143. The standard InChI is InChI=1S/C12H16FNO3/c1-3-17-12(15)7-11(14)8-4-9(13)6-10(5-8)16-2/h4-6,11H,3,7,14H2,1-2H3. The third-order valence-electron chi connectivity index (χ3n) is 2.25. The molecule has 0 saturated carbocycles. The van der Waals surface area contributed by atoms with Crippen molar-refractivity contribution < 1.29 is 18.7 Å². The molecule has 4 nitrogen and oxygen atoms in total. The van der Waals surface area contributed by atoms with E-state index in [1.165, 1.54) is 19.2 Å². The van der Waals surface area contributed by atoms with Gasteiger partial charge in [-0.05, 0) is 24.6 Å². The molecule has 0 aliphatic heterocycles. The Morgan fingerprint density at radius 1 is 1.47 bits per heavy atom. The van der Waals surface area contributed by atoms with Gasteiger partial charge in [0.05, 0.1) is 20.1 Å². The zero-order chi connectivity index (χ0) is 12.8. The second-order valence-corrected chi connectivity index (χ2v) is 3.54. The number of methoxy groups -OCH3 is 1. The summed E-state index contributed by atoms with van der Waals surface area (Å²) in [5, 5.41) is 0. The Morgan fingerprint density at radius 2 is 2.18 bits per heavy atom. The number of benzene rings is 1. The maximum atomic E-state index is 13.2. The van der Waals surface area contributed by atoms with Crippen LogP contribution in [0, 0.1) is 5.82 Å². The van der Waals surface area contributed by atoms with Crippen molar-refractivity contribution in [1.82, 2.24) is 0 Å². The third kappa shape index (κ3) is 4.03. The van der Waals surface area contributed by atoms with Crippen LogP contribution < -0.4 is 10.5 Å². The normalized spacial score (nSPS) is 12.0. The fourth-order valence-corrected chi connectivity index (χ4v) is 1.43. The summed E-state index contributed by atoms with van der Waals surface area (Å²) in [6, 6.07) is 3.54. The molecule has 1 aromatic rings. The summed E-state index contributed by atoms with van der Waals surface area (Å²) >= 11 is 0. The molecule has 17 heavy (non-hydrogen) atoms. The van der Waals surface area contributed by atoms with Crippen molar-refractivity contribution >= 4 is 5.97 Å². The molecule has 0 aliphatic carbocycles. The number of hydrogen-bond acceptors (Lipinski definition) is 4. The quantitative estimate of drug-likeness (QED) is 0.798. The fraction of sp³-hybridized carbons (Fsp3) is 0.417. The number of rotatable bonds is 5. The molecule has 1 aromatic carbocycles. The fourth-order valence-electron chi connectivity index (χ4n) is 1.43. The molecule has 0 fully saturated rings. The van der Waals surface area contributed by atoms with Gasteiger partial charge >= 0.3 is 5.97 Å². The lowest BCUT2D eigenvalue weighted by Gasteiger charge is -2.12. The van der Waals surface area contributed by atoms with E-state index in [-0.39, 0.29) is 6.42 Å². The zero-order valence-electron chi connectivity index (χ0n) is 9.90. The molecule has 94 valence electrons. The van der Waals surface area contributed by atoms with Crippen molar-refractivity contribution in [2.24, 2.45) is 5.73 Å². The summed E-state index contributed by atoms with van der Waals surface area (Å²) in [4.78, 5) is 11.2. The van der Waals surface area contributed by atoms with Crippen LogP contribution >= 0.6 is 0 Å². The highest BCUT2D eigenvalue weighted by Crippen LogP contribution is 2.22. The Balaban J connectivity index is 2.77. The summed E-state index contributed by atoms with van der Waals surface area (Å²) < 4.78 is 22.9. The van der Waals surface area contributed by atoms with Crippen LogP contribution in [0.15, 0.2) is 18.2 Å². The molecule has 0 radical (unpaired) electrons. The van der Waals surface area contributed by atoms with Crippen molar-refractivity contribution in [1.29, 1.82) is 0 Å². The molecule has 0 aromatic heterocycles. The Hall–Kier alpha value is -1.62. The number of ether oxygens (including phenoxy) is 2. The monoisotopic (exact) mass is 241 g/mol. The van der Waals surface area contributed by atoms with Gasteiger partial charge in [0.1, 0.15) is 11.6 Å². The molecule has 0 spiro atoms. The topological polar surface area (TPSA) is 61.5 Å². The van der Waals surface area contributed by atoms with Gasteiger partial charge in [0.25, 0.3) is 0 Å². The van der Waals surface area contributed by atoms with Crippen LogP contribution in [0.2, 0.25) is 0 Å². The predicted molar refractivity (Wildman–Crippen MR) is 61.1 cm³/mol. The number of carbonyl (C=O) groups excluding carboxylic acids is 1. The van der Waals surface area contributed by atoms with E-state index in [0.29, 0.717) is 17.9 Å². The van der Waals surface area contributed by atoms with Crippen molar-refractivity contribution in [3.63, 3.8) is 0 Å². The van der Waals surface area contributed by atoms with E-state index < -0.39 is 17.8 Å². The lowest BCUT2D eigenvalue weighted by atomic mass is 10.0. The van der Waals surface area contributed by atoms with Crippen molar-refractivity contribution in [3.8, 4) is 5.75 Å². The van der Waals surface area contributed by atoms with Crippen molar-refractivity contribution in [3.05, 3.63) is 29.6 Å². The van der Waals surface area contributed by atoms with Crippen LogP contribution in [0.5, 0.6) is 5.75 Å². The smallest absolute Gasteiger partial charge is 0.307 e. The molecule has 5 heteroatoms. The van der Waals surface area contributed by atoms with Gasteiger partial charge in [-0.3, -0.25) is 4.79 Å². The van der Waals surface area contributed by atoms with E-state index in [9.17, 15) is 9.18 Å². The first kappa shape index (κ1) is 13.4. The van der Waals surface area contributed by atoms with E-state index in [1.807, 2.05) is 0 Å². The highest BCUT2D eigenvalue weighted by molar-refractivity contribution is 5.70. The maximum absolute atomic E-state index is 13.2. The minimum atomic E-state index is -0.598. The second kappa shape index (κ2) is 6.20. The molecule has 1 atom stereocenters. The van der Waals surface area contributed by atoms with Crippen molar-refractivity contribution in [2.45, 2.75) is 19.4 Å². The van der Waals surface area contributed by atoms with E-state index in [1.54, 1.807) is 13.0 Å². The number of esters is 1. The predicted octanol–water partition coefficient (Wildman–Crippen LogP) is 1.79. The van der Waals surface area contributed by atoms with Gasteiger partial charge in [0, 0.05) is 12.1 Å². The first-order valence-electron chi connectivity index (χ1n) is 5.32. The average Bonchev–Trinajstić information content (AvgIpc) is 2.28. The van der Waals surface area contributed by atoms with Crippen LogP contribution in [0.3, 0.4) is 0 Å². The highest BCUT2D eigenvalue weighted by atomic mass is 19.1. The van der Waals surface area contributed by atoms with E-state index in [0.717, 1.165) is 0 Å². The molecular weight excluding hydrogens is 225 g/mol. The van der Waals surface area contributed by atoms with Crippen LogP contribution in [-0.4, -0.2) is 19.7 Å². The third-order valence-corrected chi connectivity index (χ3v) is 2.25. The van der Waals surface area contributed by atoms with Crippen LogP contribution in [0.1, 0.15) is 24.9 Å². The van der Waals surface area contributed by atoms with Crippen LogP contribution in [0.4, 0.5) is 4.39 Å². The lowest BCUT2D eigenvalue weighted by Crippen LogP contribution is -2.17. The molecule has 0 amide bonds. The average molecular weight is 241 g/mol. The summed E-state index contributed by atoms with van der Waals surface area (Å²) in [5.74, 6) is -0.471. The first-order valence-corrected chi connectivity index (χ1v) is 5.32. The summed E-state index contributed by atoms with van der Waals surface area (Å²) in [5.41, 5.74) is 6.30. The van der Waals surface area contributed by atoms with Gasteiger partial charge in [0.15, 0.2) is 0 Å². The largest absolute Gasteiger partial charge is 0.497 e. The number of hydrogen-bond donors (Lipinski definition) is 1. The summed E-state index contributed by atoms with van der Waals surface area (Å²) in [6.45, 7) is 2.02. The Morgan fingerprint density at radius 3 is 2.76 bits per heavy atom. The summed E-state index contributed by atoms with van der Waals surface area (Å²) in [7, 11) is 1.44. The molecule has 0 heterocycles. The minimum absolute atomic E-state index is 0.0143. The number of carbonyl (C=O) groups is 1. The van der Waals surface area contributed by atoms with Gasteiger partial charge in [-0.2, -0.15) is 0 Å². The highest BCUT2D eigenvalue weighted by Gasteiger charge is 2.14. The Kier molecular flexibility index (Phi) is 4.90. The zero-order valence-corrected chi connectivity index (χ0v) is 9.90. The van der Waals surface area contributed by atoms with Gasteiger partial charge in [-0.25, -0.2) is 4.39 Å². The van der Waals surface area contributed by atoms with Gasteiger partial charge in [-0.1, -0.05) is 0 Å². The Labute approximate surface area is 99.5 Å². The minimum Gasteiger partial charge on any atom is -0.497 e. The maximum Gasteiger partial charge on any atom is 0.307 e.